The third-order valence-corrected chi connectivity index (χ3v) is 7.75. The number of nitrogens with zero attached hydrogens (tertiary/aromatic N) is 3. The molecule has 3 aromatic carbocycles. The molecule has 8 nitrogen and oxygen atoms in total. The smallest absolute Gasteiger partial charge is 0.254 e. The first-order valence-corrected chi connectivity index (χ1v) is 13.7. The highest BCUT2D eigenvalue weighted by atomic mass is 16.2. The summed E-state index contributed by atoms with van der Waals surface area (Å²) in [6.07, 6.45) is 7.13. The van der Waals surface area contributed by atoms with Crippen molar-refractivity contribution >= 4 is 33.6 Å². The Hall–Kier alpha value is -4.59. The van der Waals surface area contributed by atoms with Gasteiger partial charge >= 0.3 is 0 Å². The molecule has 3 N–H and O–H groups in total. The van der Waals surface area contributed by atoms with E-state index in [1.807, 2.05) is 30.5 Å². The van der Waals surface area contributed by atoms with Crippen LogP contribution < -0.4 is 10.6 Å². The van der Waals surface area contributed by atoms with Crippen LogP contribution in [0.25, 0.3) is 33.1 Å². The molecule has 0 fully saturated rings. The number of imidazole rings is 1. The molecule has 0 aliphatic carbocycles. The van der Waals surface area contributed by atoms with E-state index in [-0.39, 0.29) is 29.7 Å². The average molecular weight is 535 g/mol. The summed E-state index contributed by atoms with van der Waals surface area (Å²) in [5.41, 5.74) is 3.60. The molecule has 0 radical (unpaired) electrons. The minimum Gasteiger partial charge on any atom is -0.359 e. The summed E-state index contributed by atoms with van der Waals surface area (Å²) < 4.78 is 0. The van der Waals surface area contributed by atoms with Gasteiger partial charge in [0.05, 0.1) is 29.0 Å². The molecule has 0 aliphatic rings. The minimum atomic E-state index is -0.386. The van der Waals surface area contributed by atoms with Gasteiger partial charge in [0.2, 0.25) is 5.91 Å². The zero-order valence-corrected chi connectivity index (χ0v) is 23.0. The molecule has 2 heterocycles. The van der Waals surface area contributed by atoms with Gasteiger partial charge in [-0.3, -0.25) is 19.6 Å². The normalized spacial score (nSPS) is 13.6. The number of amides is 2. The Bertz CT molecular complexity index is 1640. The third-order valence-electron chi connectivity index (χ3n) is 7.75. The molecular weight excluding hydrogens is 500 g/mol. The molecule has 0 unspecified atom stereocenters. The van der Waals surface area contributed by atoms with Crippen LogP contribution in [0.4, 0.5) is 0 Å². The Balaban J connectivity index is 1.44. The van der Waals surface area contributed by atoms with E-state index in [4.69, 9.17) is 4.98 Å². The quantitative estimate of drug-likeness (QED) is 0.209. The van der Waals surface area contributed by atoms with Crippen molar-refractivity contribution in [2.75, 3.05) is 7.05 Å². The van der Waals surface area contributed by atoms with Crippen molar-refractivity contribution in [2.24, 2.45) is 11.8 Å². The summed E-state index contributed by atoms with van der Waals surface area (Å²) in [7, 11) is 1.65. The molecule has 2 aromatic heterocycles. The number of benzene rings is 3. The lowest BCUT2D eigenvalue weighted by atomic mass is 9.84. The maximum atomic E-state index is 13.7. The third kappa shape index (κ3) is 5.86. The number of aromatic nitrogens is 4. The SMILES string of the molecule is CNC(=O)CCC[C@H](C)[C@H](C)[C@H](NC(=O)c1cccc2nccnc12)c1ncc(-c2ccc3ccccc3c2)[nH]1. The Labute approximate surface area is 233 Å². The maximum absolute atomic E-state index is 13.7. The van der Waals surface area contributed by atoms with E-state index >= 15 is 0 Å². The van der Waals surface area contributed by atoms with Crippen molar-refractivity contribution in [2.45, 2.75) is 39.2 Å². The van der Waals surface area contributed by atoms with Gasteiger partial charge in [-0.15, -0.1) is 0 Å². The zero-order valence-electron chi connectivity index (χ0n) is 23.0. The van der Waals surface area contributed by atoms with Crippen LogP contribution in [-0.4, -0.2) is 38.8 Å². The molecule has 0 saturated heterocycles. The van der Waals surface area contributed by atoms with Gasteiger partial charge in [0.1, 0.15) is 11.3 Å². The molecule has 0 aliphatic heterocycles. The van der Waals surface area contributed by atoms with E-state index in [9.17, 15) is 9.59 Å². The Morgan fingerprint density at radius 3 is 2.55 bits per heavy atom. The maximum Gasteiger partial charge on any atom is 0.254 e. The Kier molecular flexibility index (Phi) is 8.15. The first-order chi connectivity index (χ1) is 19.4. The lowest BCUT2D eigenvalue weighted by Crippen LogP contribution is -2.36. The van der Waals surface area contributed by atoms with Gasteiger partial charge in [0.25, 0.3) is 5.91 Å². The molecule has 2 amide bonds. The Morgan fingerprint density at radius 1 is 0.925 bits per heavy atom. The molecule has 8 heteroatoms. The van der Waals surface area contributed by atoms with Gasteiger partial charge in [-0.05, 0) is 53.6 Å². The number of aromatic amines is 1. The predicted molar refractivity (Wildman–Crippen MR) is 158 cm³/mol. The second kappa shape index (κ2) is 12.1. The highest BCUT2D eigenvalue weighted by Crippen LogP contribution is 2.32. The van der Waals surface area contributed by atoms with Crippen molar-refractivity contribution in [1.29, 1.82) is 0 Å². The molecule has 3 atom stereocenters. The fourth-order valence-electron chi connectivity index (χ4n) is 5.14. The fourth-order valence-corrected chi connectivity index (χ4v) is 5.14. The average Bonchev–Trinajstić information content (AvgIpc) is 3.48. The number of nitrogens with one attached hydrogen (secondary N) is 3. The molecule has 0 bridgehead atoms. The number of para-hydroxylation sites is 1. The van der Waals surface area contributed by atoms with Gasteiger partial charge in [0, 0.05) is 31.4 Å². The van der Waals surface area contributed by atoms with Gasteiger partial charge in [-0.2, -0.15) is 0 Å². The molecule has 0 spiro atoms. The molecule has 5 rings (SSSR count). The first kappa shape index (κ1) is 27.0. The fraction of sp³-hybridized carbons (Fsp3) is 0.281. The first-order valence-electron chi connectivity index (χ1n) is 13.7. The van der Waals surface area contributed by atoms with E-state index in [2.05, 4.69) is 69.8 Å². The largest absolute Gasteiger partial charge is 0.359 e. The number of carbonyl (C=O) groups excluding carboxylic acids is 2. The highest BCUT2D eigenvalue weighted by molar-refractivity contribution is 6.04. The molecule has 5 aromatic rings. The Morgan fingerprint density at radius 2 is 1.73 bits per heavy atom. The molecule has 40 heavy (non-hydrogen) atoms. The monoisotopic (exact) mass is 534 g/mol. The van der Waals surface area contributed by atoms with Crippen LogP contribution in [0, 0.1) is 11.8 Å². The van der Waals surface area contributed by atoms with Crippen molar-refractivity contribution in [3.05, 3.63) is 90.6 Å². The molecule has 0 saturated carbocycles. The van der Waals surface area contributed by atoms with Crippen molar-refractivity contribution in [1.82, 2.24) is 30.6 Å². The standard InChI is InChI=1S/C32H34N6O2/c1-20(8-6-13-28(39)33-3)21(2)29(38-32(40)25-11-7-12-26-30(25)35-17-16-34-26)31-36-19-27(37-31)24-15-14-22-9-4-5-10-23(22)18-24/h4-5,7,9-12,14-21,29H,6,8,13H2,1-3H3,(H,33,39)(H,36,37)(H,38,40)/t20-,21-,29-/m0/s1. The van der Waals surface area contributed by atoms with Gasteiger partial charge in [-0.1, -0.05) is 56.3 Å². The second-order valence-corrected chi connectivity index (χ2v) is 10.3. The van der Waals surface area contributed by atoms with Crippen LogP contribution >= 0.6 is 0 Å². The summed E-state index contributed by atoms with van der Waals surface area (Å²) >= 11 is 0. The van der Waals surface area contributed by atoms with E-state index in [1.165, 1.54) is 5.39 Å². The summed E-state index contributed by atoms with van der Waals surface area (Å²) in [6.45, 7) is 4.28. The second-order valence-electron chi connectivity index (χ2n) is 10.3. The topological polar surface area (TPSA) is 113 Å². The summed E-state index contributed by atoms with van der Waals surface area (Å²) in [6, 6.07) is 19.6. The number of hydrogen-bond acceptors (Lipinski definition) is 5. The summed E-state index contributed by atoms with van der Waals surface area (Å²) in [5, 5.41) is 8.25. The van der Waals surface area contributed by atoms with Crippen LogP contribution in [-0.2, 0) is 4.79 Å². The highest BCUT2D eigenvalue weighted by Gasteiger charge is 2.29. The number of fused-ring (bicyclic) bond motifs is 2. The van der Waals surface area contributed by atoms with Crippen LogP contribution in [0.1, 0.15) is 55.3 Å². The van der Waals surface area contributed by atoms with Crippen molar-refractivity contribution in [3.8, 4) is 11.3 Å². The van der Waals surface area contributed by atoms with Crippen LogP contribution in [0.2, 0.25) is 0 Å². The summed E-state index contributed by atoms with van der Waals surface area (Å²) in [4.78, 5) is 42.4. The lowest BCUT2D eigenvalue weighted by Gasteiger charge is -2.28. The number of hydrogen-bond donors (Lipinski definition) is 3. The van der Waals surface area contributed by atoms with Crippen LogP contribution in [0.3, 0.4) is 0 Å². The van der Waals surface area contributed by atoms with E-state index in [1.54, 1.807) is 25.5 Å². The van der Waals surface area contributed by atoms with Crippen LogP contribution in [0.5, 0.6) is 0 Å². The van der Waals surface area contributed by atoms with Gasteiger partial charge in [-0.25, -0.2) is 4.98 Å². The number of H-pyrrole nitrogens is 1. The van der Waals surface area contributed by atoms with E-state index in [0.29, 0.717) is 28.8 Å². The lowest BCUT2D eigenvalue weighted by molar-refractivity contribution is -0.120. The minimum absolute atomic E-state index is 0.0327. The van der Waals surface area contributed by atoms with Gasteiger partial charge < -0.3 is 15.6 Å². The predicted octanol–water partition coefficient (Wildman–Crippen LogP) is 5.83. The van der Waals surface area contributed by atoms with Crippen molar-refractivity contribution in [3.63, 3.8) is 0 Å². The van der Waals surface area contributed by atoms with Crippen molar-refractivity contribution < 1.29 is 9.59 Å². The zero-order chi connectivity index (χ0) is 28.1. The summed E-state index contributed by atoms with van der Waals surface area (Å²) in [5.74, 6) is 0.743. The van der Waals surface area contributed by atoms with E-state index in [0.717, 1.165) is 29.5 Å². The van der Waals surface area contributed by atoms with Crippen LogP contribution in [0.15, 0.2) is 79.3 Å². The number of rotatable bonds is 10. The number of carbonyl (C=O) groups is 2. The molecular formula is C32H34N6O2. The van der Waals surface area contributed by atoms with Gasteiger partial charge in [0.15, 0.2) is 0 Å². The van der Waals surface area contributed by atoms with E-state index < -0.39 is 0 Å². The molecule has 204 valence electrons.